The molecule has 1 atom stereocenters. The van der Waals surface area contributed by atoms with E-state index in [1.807, 2.05) is 41.9 Å². The lowest BCUT2D eigenvalue weighted by Crippen LogP contribution is -2.30. The van der Waals surface area contributed by atoms with Crippen LogP contribution >= 0.6 is 22.9 Å². The van der Waals surface area contributed by atoms with Crippen LogP contribution in [0.25, 0.3) is 16.2 Å². The van der Waals surface area contributed by atoms with E-state index in [0.717, 1.165) is 39.3 Å². The minimum absolute atomic E-state index is 0.402. The van der Waals surface area contributed by atoms with Crippen LogP contribution in [0.15, 0.2) is 30.5 Å². The number of anilines is 1. The third kappa shape index (κ3) is 3.86. The van der Waals surface area contributed by atoms with Crippen molar-refractivity contribution in [3.8, 4) is 11.3 Å². The highest BCUT2D eigenvalue weighted by Gasteiger charge is 2.32. The molecule has 0 amide bonds. The van der Waals surface area contributed by atoms with Crippen molar-refractivity contribution in [2.45, 2.75) is 26.1 Å². The van der Waals surface area contributed by atoms with Gasteiger partial charge in [0, 0.05) is 23.6 Å². The number of nitrogens with zero attached hydrogens (tertiary/aromatic N) is 3. The highest BCUT2D eigenvalue weighted by atomic mass is 35.5. The summed E-state index contributed by atoms with van der Waals surface area (Å²) in [7, 11) is 0. The van der Waals surface area contributed by atoms with Gasteiger partial charge in [-0.15, -0.1) is 5.10 Å². The molecule has 0 spiro atoms. The summed E-state index contributed by atoms with van der Waals surface area (Å²) in [4.78, 5) is 5.51. The number of benzene rings is 1. The number of halogens is 1. The second-order valence-electron chi connectivity index (χ2n) is 6.79. The highest BCUT2D eigenvalue weighted by Crippen LogP contribution is 2.28. The Hall–Kier alpha value is -1.67. The van der Waals surface area contributed by atoms with Gasteiger partial charge in [-0.3, -0.25) is 0 Å². The fourth-order valence-corrected chi connectivity index (χ4v) is 4.09. The van der Waals surface area contributed by atoms with Crippen LogP contribution in [0.5, 0.6) is 0 Å². The molecule has 3 aromatic rings. The number of rotatable bonds is 6. The van der Waals surface area contributed by atoms with Gasteiger partial charge in [0.25, 0.3) is 0 Å². The van der Waals surface area contributed by atoms with Crippen LogP contribution in [0.4, 0.5) is 5.13 Å². The number of hydrogen-bond acceptors (Lipinski definition) is 6. The van der Waals surface area contributed by atoms with Gasteiger partial charge in [-0.25, -0.2) is 9.50 Å². The Balaban J connectivity index is 1.38. The first-order valence-corrected chi connectivity index (χ1v) is 9.84. The van der Waals surface area contributed by atoms with Crippen LogP contribution in [0.1, 0.15) is 20.3 Å². The Morgan fingerprint density at radius 2 is 2.04 bits per heavy atom. The quantitative estimate of drug-likeness (QED) is 0.677. The molecule has 0 aliphatic carbocycles. The van der Waals surface area contributed by atoms with Gasteiger partial charge in [0.2, 0.25) is 10.1 Å². The Morgan fingerprint density at radius 1 is 1.31 bits per heavy atom. The van der Waals surface area contributed by atoms with Gasteiger partial charge < -0.3 is 14.8 Å². The smallest absolute Gasteiger partial charge is 0.214 e. The van der Waals surface area contributed by atoms with E-state index in [1.54, 1.807) is 11.3 Å². The number of imidazole rings is 1. The van der Waals surface area contributed by atoms with E-state index in [1.165, 1.54) is 0 Å². The van der Waals surface area contributed by atoms with Gasteiger partial charge in [-0.2, -0.15) is 0 Å². The van der Waals surface area contributed by atoms with Gasteiger partial charge in [-0.1, -0.05) is 42.0 Å². The molecule has 2 aromatic heterocycles. The molecule has 1 aromatic carbocycles. The van der Waals surface area contributed by atoms with Gasteiger partial charge in [0.1, 0.15) is 0 Å². The Bertz CT molecular complexity index is 855. The van der Waals surface area contributed by atoms with E-state index in [0.29, 0.717) is 19.1 Å². The third-order valence-electron chi connectivity index (χ3n) is 4.40. The lowest BCUT2D eigenvalue weighted by atomic mass is 10.0. The first kappa shape index (κ1) is 17.7. The number of fused-ring (bicyclic) bond motifs is 1. The fraction of sp³-hybridized carbons (Fsp3) is 0.444. The van der Waals surface area contributed by atoms with E-state index in [4.69, 9.17) is 21.1 Å². The molecule has 0 radical (unpaired) electrons. The Morgan fingerprint density at radius 3 is 2.73 bits per heavy atom. The van der Waals surface area contributed by atoms with Crippen LogP contribution < -0.4 is 5.32 Å². The predicted molar refractivity (Wildman–Crippen MR) is 104 cm³/mol. The molecular formula is C18H21ClN4O2S. The number of ether oxygens (including phenoxy) is 2. The predicted octanol–water partition coefficient (Wildman–Crippen LogP) is 4.31. The Labute approximate surface area is 161 Å². The molecule has 1 aliphatic heterocycles. The molecule has 1 fully saturated rings. The molecule has 1 aliphatic rings. The largest absolute Gasteiger partial charge is 0.360 e. The molecule has 0 saturated carbocycles. The van der Waals surface area contributed by atoms with Gasteiger partial charge in [-0.05, 0) is 25.0 Å². The van der Waals surface area contributed by atoms with Crippen molar-refractivity contribution in [1.82, 2.24) is 14.6 Å². The van der Waals surface area contributed by atoms with Gasteiger partial charge in [0.05, 0.1) is 25.1 Å². The van der Waals surface area contributed by atoms with E-state index in [2.05, 4.69) is 22.3 Å². The van der Waals surface area contributed by atoms with Crippen molar-refractivity contribution >= 4 is 33.0 Å². The molecule has 0 bridgehead atoms. The standard InChI is InChI=1S/C18H21ClN4O2S/c1-12(9-18(2)24-7-8-25-18)10-20-16-22-23-11-15(21-17(23)26-16)13-3-5-14(19)6-4-13/h3-6,11-12H,7-10H2,1-2H3,(H,20,22). The van der Waals surface area contributed by atoms with Gasteiger partial charge >= 0.3 is 0 Å². The van der Waals surface area contributed by atoms with E-state index >= 15 is 0 Å². The molecule has 26 heavy (non-hydrogen) atoms. The van der Waals surface area contributed by atoms with Crippen molar-refractivity contribution in [1.29, 1.82) is 0 Å². The molecule has 138 valence electrons. The molecule has 1 N–H and O–H groups in total. The second-order valence-corrected chi connectivity index (χ2v) is 8.18. The maximum atomic E-state index is 5.94. The molecule has 3 heterocycles. The summed E-state index contributed by atoms with van der Waals surface area (Å²) in [6.45, 7) is 6.35. The summed E-state index contributed by atoms with van der Waals surface area (Å²) < 4.78 is 13.2. The van der Waals surface area contributed by atoms with Crippen molar-refractivity contribution in [3.63, 3.8) is 0 Å². The first-order valence-electron chi connectivity index (χ1n) is 8.65. The summed E-state index contributed by atoms with van der Waals surface area (Å²) in [6, 6.07) is 7.65. The van der Waals surface area contributed by atoms with Crippen molar-refractivity contribution in [3.05, 3.63) is 35.5 Å². The first-order chi connectivity index (χ1) is 12.5. The van der Waals surface area contributed by atoms with Crippen LogP contribution in [-0.2, 0) is 9.47 Å². The van der Waals surface area contributed by atoms with Crippen molar-refractivity contribution in [2.75, 3.05) is 25.1 Å². The van der Waals surface area contributed by atoms with Crippen LogP contribution in [0.3, 0.4) is 0 Å². The zero-order valence-corrected chi connectivity index (χ0v) is 16.3. The maximum absolute atomic E-state index is 5.94. The zero-order valence-electron chi connectivity index (χ0n) is 14.7. The minimum Gasteiger partial charge on any atom is -0.360 e. The van der Waals surface area contributed by atoms with E-state index < -0.39 is 5.79 Å². The average Bonchev–Trinajstić information content (AvgIpc) is 3.28. The third-order valence-corrected chi connectivity index (χ3v) is 5.53. The summed E-state index contributed by atoms with van der Waals surface area (Å²) in [5.74, 6) is -0.0505. The van der Waals surface area contributed by atoms with Crippen LogP contribution in [-0.4, -0.2) is 40.1 Å². The summed E-state index contributed by atoms with van der Waals surface area (Å²) in [5, 5.41) is 9.55. The lowest BCUT2D eigenvalue weighted by Gasteiger charge is -2.25. The highest BCUT2D eigenvalue weighted by molar-refractivity contribution is 7.20. The molecule has 8 heteroatoms. The molecule has 4 rings (SSSR count). The maximum Gasteiger partial charge on any atom is 0.214 e. The summed E-state index contributed by atoms with van der Waals surface area (Å²) in [6.07, 6.45) is 2.79. The molecule has 6 nitrogen and oxygen atoms in total. The fourth-order valence-electron chi connectivity index (χ4n) is 3.17. The van der Waals surface area contributed by atoms with Crippen LogP contribution in [0.2, 0.25) is 5.02 Å². The molecular weight excluding hydrogens is 372 g/mol. The Kier molecular flexibility index (Phi) is 4.88. The average molecular weight is 393 g/mol. The SMILES string of the molecule is CC(CNc1nn2cc(-c3ccc(Cl)cc3)nc2s1)CC1(C)OCCO1. The number of hydrogen-bond donors (Lipinski definition) is 1. The second kappa shape index (κ2) is 7.15. The summed E-state index contributed by atoms with van der Waals surface area (Å²) in [5.41, 5.74) is 1.92. The van der Waals surface area contributed by atoms with E-state index in [9.17, 15) is 0 Å². The summed E-state index contributed by atoms with van der Waals surface area (Å²) >= 11 is 7.48. The number of aromatic nitrogens is 3. The van der Waals surface area contributed by atoms with Crippen molar-refractivity contribution < 1.29 is 9.47 Å². The lowest BCUT2D eigenvalue weighted by molar-refractivity contribution is -0.153. The van der Waals surface area contributed by atoms with Crippen LogP contribution in [0, 0.1) is 5.92 Å². The topological polar surface area (TPSA) is 60.7 Å². The zero-order chi connectivity index (χ0) is 18.1. The molecule has 1 unspecified atom stereocenters. The normalized spacial score (nSPS) is 17.7. The van der Waals surface area contributed by atoms with Gasteiger partial charge in [0.15, 0.2) is 5.79 Å². The number of nitrogens with one attached hydrogen (secondary N) is 1. The van der Waals surface area contributed by atoms with Crippen molar-refractivity contribution in [2.24, 2.45) is 5.92 Å². The van der Waals surface area contributed by atoms with E-state index in [-0.39, 0.29) is 0 Å². The monoisotopic (exact) mass is 392 g/mol. The molecule has 1 saturated heterocycles. The minimum atomic E-state index is -0.452.